The maximum Gasteiger partial charge on any atom is 0.213 e. The number of aromatic nitrogens is 3. The third-order valence-corrected chi connectivity index (χ3v) is 5.19. The smallest absolute Gasteiger partial charge is 0.213 e. The van der Waals surface area contributed by atoms with E-state index < -0.39 is 23.0 Å². The van der Waals surface area contributed by atoms with Crippen LogP contribution in [0.4, 0.5) is 14.5 Å². The molecule has 0 aliphatic carbocycles. The average Bonchev–Trinajstić information content (AvgIpc) is 3.23. The third kappa shape index (κ3) is 4.68. The van der Waals surface area contributed by atoms with Crippen LogP contribution in [0.25, 0.3) is 22.2 Å². The first-order valence-electron chi connectivity index (χ1n) is 10.3. The Kier molecular flexibility index (Phi) is 6.32. The zero-order valence-electron chi connectivity index (χ0n) is 18.2. The van der Waals surface area contributed by atoms with Crippen molar-refractivity contribution in [2.45, 2.75) is 6.42 Å². The predicted octanol–water partition coefficient (Wildman–Crippen LogP) is 4.05. The second-order valence-corrected chi connectivity index (χ2v) is 7.87. The Bertz CT molecular complexity index is 1300. The Hall–Kier alpha value is -3.85. The molecule has 0 saturated heterocycles. The van der Waals surface area contributed by atoms with Gasteiger partial charge in [-0.15, -0.1) is 0 Å². The fourth-order valence-corrected chi connectivity index (χ4v) is 3.45. The third-order valence-electron chi connectivity index (χ3n) is 5.19. The van der Waals surface area contributed by atoms with Gasteiger partial charge in [0.25, 0.3) is 0 Å². The number of ether oxygens (including phenoxy) is 1. The lowest BCUT2D eigenvalue weighted by atomic mass is 10.00. The molecule has 9 heteroatoms. The van der Waals surface area contributed by atoms with Gasteiger partial charge in [0.1, 0.15) is 11.5 Å². The summed E-state index contributed by atoms with van der Waals surface area (Å²) in [5.74, 6) is -2.36. The lowest BCUT2D eigenvalue weighted by Crippen LogP contribution is -2.15. The maximum atomic E-state index is 14.4. The number of carbonyl (C=O) groups is 1. The maximum absolute atomic E-state index is 14.4. The lowest BCUT2D eigenvalue weighted by molar-refractivity contribution is 0.103. The topological polar surface area (TPSA) is 97.1 Å². The second kappa shape index (κ2) is 9.33. The van der Waals surface area contributed by atoms with Gasteiger partial charge in [0, 0.05) is 53.3 Å². The molecule has 0 spiro atoms. The van der Waals surface area contributed by atoms with Crippen LogP contribution in [0.3, 0.4) is 0 Å². The second-order valence-electron chi connectivity index (χ2n) is 7.87. The molecule has 0 fully saturated rings. The number of pyridine rings is 2. The number of nitrogens with one attached hydrogen (secondary N) is 1. The zero-order valence-corrected chi connectivity index (χ0v) is 18.2. The SMILES string of the molecule is CN(C)CCCOc1ccc(-c2cnc3[nH]cc(C(=O)c4c(F)ccc(N)c4F)c3c2)cn1. The zero-order chi connectivity index (χ0) is 23.5. The normalized spacial score (nSPS) is 11.3. The summed E-state index contributed by atoms with van der Waals surface area (Å²) in [5, 5.41) is 0.433. The van der Waals surface area contributed by atoms with E-state index in [0.29, 0.717) is 29.1 Å². The van der Waals surface area contributed by atoms with Crippen molar-refractivity contribution >= 4 is 22.5 Å². The molecular weight excluding hydrogens is 428 g/mol. The van der Waals surface area contributed by atoms with E-state index in [1.165, 1.54) is 6.20 Å². The average molecular weight is 451 g/mol. The van der Waals surface area contributed by atoms with E-state index in [1.54, 1.807) is 24.5 Å². The molecule has 0 unspecified atom stereocenters. The molecule has 33 heavy (non-hydrogen) atoms. The van der Waals surface area contributed by atoms with Crippen molar-refractivity contribution in [2.75, 3.05) is 33.0 Å². The molecule has 170 valence electrons. The standard InChI is InChI=1S/C24H23F2N5O2/c1-31(2)8-3-9-33-20-7-4-14(11-28-20)15-10-16-17(13-30-24(16)29-12-15)23(32)21-18(25)5-6-19(27)22(21)26/h4-7,10-13H,3,8-9,27H2,1-2H3,(H,29,30). The van der Waals surface area contributed by atoms with Crippen LogP contribution in [0, 0.1) is 11.6 Å². The number of anilines is 1. The van der Waals surface area contributed by atoms with E-state index in [1.807, 2.05) is 20.2 Å². The van der Waals surface area contributed by atoms with Gasteiger partial charge in [-0.3, -0.25) is 4.79 Å². The molecule has 0 aliphatic rings. The van der Waals surface area contributed by atoms with Crippen LogP contribution in [0.5, 0.6) is 5.88 Å². The lowest BCUT2D eigenvalue weighted by Gasteiger charge is -2.10. The van der Waals surface area contributed by atoms with E-state index in [2.05, 4.69) is 19.9 Å². The van der Waals surface area contributed by atoms with Crippen LogP contribution in [0.15, 0.2) is 48.9 Å². The Morgan fingerprint density at radius 2 is 1.91 bits per heavy atom. The summed E-state index contributed by atoms with van der Waals surface area (Å²) in [7, 11) is 4.01. The van der Waals surface area contributed by atoms with Crippen LogP contribution >= 0.6 is 0 Å². The molecular formula is C24H23F2N5O2. The number of carbonyl (C=O) groups excluding carboxylic acids is 1. The molecule has 0 aliphatic heterocycles. The van der Waals surface area contributed by atoms with Crippen LogP contribution in [-0.4, -0.2) is 52.9 Å². The number of nitrogens with zero attached hydrogens (tertiary/aromatic N) is 3. The number of hydrogen-bond acceptors (Lipinski definition) is 6. The van der Waals surface area contributed by atoms with Crippen molar-refractivity contribution in [3.8, 4) is 17.0 Å². The van der Waals surface area contributed by atoms with E-state index in [9.17, 15) is 13.6 Å². The van der Waals surface area contributed by atoms with Crippen molar-refractivity contribution in [1.82, 2.24) is 19.9 Å². The van der Waals surface area contributed by atoms with Gasteiger partial charge >= 0.3 is 0 Å². The number of halogens is 2. The van der Waals surface area contributed by atoms with Crippen LogP contribution < -0.4 is 10.5 Å². The van der Waals surface area contributed by atoms with Crippen LogP contribution in [-0.2, 0) is 0 Å². The largest absolute Gasteiger partial charge is 0.478 e. The summed E-state index contributed by atoms with van der Waals surface area (Å²) in [5.41, 5.74) is 6.49. The minimum atomic E-state index is -1.08. The van der Waals surface area contributed by atoms with Crippen molar-refractivity contribution in [2.24, 2.45) is 0 Å². The molecule has 4 rings (SSSR count). The first-order valence-corrected chi connectivity index (χ1v) is 10.3. The molecule has 4 aromatic rings. The number of rotatable bonds is 8. The van der Waals surface area contributed by atoms with Gasteiger partial charge < -0.3 is 20.4 Å². The number of fused-ring (bicyclic) bond motifs is 1. The quantitative estimate of drug-likeness (QED) is 0.238. The first-order chi connectivity index (χ1) is 15.8. The van der Waals surface area contributed by atoms with E-state index in [-0.39, 0.29) is 11.3 Å². The number of benzene rings is 1. The Balaban J connectivity index is 1.60. The van der Waals surface area contributed by atoms with Crippen LogP contribution in [0.2, 0.25) is 0 Å². The number of nitrogen functional groups attached to an aromatic ring is 1. The molecule has 1 aromatic carbocycles. The number of ketones is 1. The number of hydrogen-bond donors (Lipinski definition) is 2. The number of aromatic amines is 1. The van der Waals surface area contributed by atoms with Gasteiger partial charge in [-0.25, -0.2) is 18.7 Å². The van der Waals surface area contributed by atoms with Gasteiger partial charge in [0.05, 0.1) is 17.9 Å². The number of nitrogens with two attached hydrogens (primary N) is 1. The summed E-state index contributed by atoms with van der Waals surface area (Å²) >= 11 is 0. The van der Waals surface area contributed by atoms with Gasteiger partial charge in [-0.05, 0) is 44.8 Å². The van der Waals surface area contributed by atoms with Crippen molar-refractivity contribution in [1.29, 1.82) is 0 Å². The highest BCUT2D eigenvalue weighted by Crippen LogP contribution is 2.28. The van der Waals surface area contributed by atoms with Crippen LogP contribution in [0.1, 0.15) is 22.3 Å². The summed E-state index contributed by atoms with van der Waals surface area (Å²) in [6, 6.07) is 7.38. The molecule has 3 N–H and O–H groups in total. The summed E-state index contributed by atoms with van der Waals surface area (Å²) in [6.07, 6.45) is 5.54. The summed E-state index contributed by atoms with van der Waals surface area (Å²) < 4.78 is 34.3. The number of H-pyrrole nitrogens is 1. The highest BCUT2D eigenvalue weighted by atomic mass is 19.1. The highest BCUT2D eigenvalue weighted by molar-refractivity contribution is 6.16. The molecule has 3 aromatic heterocycles. The van der Waals surface area contributed by atoms with Crippen molar-refractivity contribution in [3.05, 3.63) is 71.7 Å². The van der Waals surface area contributed by atoms with E-state index in [0.717, 1.165) is 30.7 Å². The molecule has 3 heterocycles. The Morgan fingerprint density at radius 1 is 1.12 bits per heavy atom. The van der Waals surface area contributed by atoms with Gasteiger partial charge in [-0.2, -0.15) is 0 Å². The molecule has 0 amide bonds. The molecule has 7 nitrogen and oxygen atoms in total. The molecule has 0 bridgehead atoms. The minimum Gasteiger partial charge on any atom is -0.478 e. The minimum absolute atomic E-state index is 0.0940. The highest BCUT2D eigenvalue weighted by Gasteiger charge is 2.24. The summed E-state index contributed by atoms with van der Waals surface area (Å²) in [4.78, 5) is 26.6. The monoisotopic (exact) mass is 451 g/mol. The fourth-order valence-electron chi connectivity index (χ4n) is 3.45. The van der Waals surface area contributed by atoms with Crippen molar-refractivity contribution < 1.29 is 18.3 Å². The fraction of sp³-hybridized carbons (Fsp3) is 0.208. The Morgan fingerprint density at radius 3 is 2.64 bits per heavy atom. The Labute approximate surface area is 189 Å². The van der Waals surface area contributed by atoms with Gasteiger partial charge in [-0.1, -0.05) is 0 Å². The first kappa shape index (κ1) is 22.3. The molecule has 0 atom stereocenters. The predicted molar refractivity (Wildman–Crippen MR) is 122 cm³/mol. The van der Waals surface area contributed by atoms with Gasteiger partial charge in [0.2, 0.25) is 11.7 Å². The van der Waals surface area contributed by atoms with E-state index in [4.69, 9.17) is 10.5 Å². The van der Waals surface area contributed by atoms with Gasteiger partial charge in [0.15, 0.2) is 5.82 Å². The molecule has 0 saturated carbocycles. The summed E-state index contributed by atoms with van der Waals surface area (Å²) in [6.45, 7) is 1.48. The van der Waals surface area contributed by atoms with Crippen molar-refractivity contribution in [3.63, 3.8) is 0 Å². The van der Waals surface area contributed by atoms with E-state index >= 15 is 0 Å². The molecule has 0 radical (unpaired) electrons.